The molecule has 0 aliphatic rings. The van der Waals surface area contributed by atoms with Gasteiger partial charge in [-0.2, -0.15) is 0 Å². The molecule has 27 heavy (non-hydrogen) atoms. The Labute approximate surface area is 158 Å². The Morgan fingerprint density at radius 1 is 1.15 bits per heavy atom. The SMILES string of the molecule is CCn1c2ccccc2c2cc(NC(=O)C(C)N(C)CCC(=O)O)ccc21. The number of aryl methyl sites for hydroxylation is 1. The summed E-state index contributed by atoms with van der Waals surface area (Å²) in [5, 5.41) is 14.0. The van der Waals surface area contributed by atoms with Crippen LogP contribution in [-0.2, 0) is 16.1 Å². The number of hydrogen-bond acceptors (Lipinski definition) is 3. The summed E-state index contributed by atoms with van der Waals surface area (Å²) >= 11 is 0. The van der Waals surface area contributed by atoms with E-state index in [4.69, 9.17) is 5.11 Å². The number of carboxylic acid groups (broad SMARTS) is 1. The van der Waals surface area contributed by atoms with Gasteiger partial charge in [0, 0.05) is 40.6 Å². The highest BCUT2D eigenvalue weighted by molar-refractivity contribution is 6.10. The van der Waals surface area contributed by atoms with E-state index < -0.39 is 12.0 Å². The highest BCUT2D eigenvalue weighted by Crippen LogP contribution is 2.31. The van der Waals surface area contributed by atoms with E-state index in [0.29, 0.717) is 6.54 Å². The summed E-state index contributed by atoms with van der Waals surface area (Å²) in [6.45, 7) is 5.10. The van der Waals surface area contributed by atoms with E-state index in [1.54, 1.807) is 18.9 Å². The number of nitrogens with one attached hydrogen (secondary N) is 1. The van der Waals surface area contributed by atoms with Crippen LogP contribution in [0.2, 0.25) is 0 Å². The molecule has 3 rings (SSSR count). The summed E-state index contributed by atoms with van der Waals surface area (Å²) in [5.41, 5.74) is 3.06. The number of aliphatic carboxylic acids is 1. The number of carbonyl (C=O) groups is 2. The molecule has 6 nitrogen and oxygen atoms in total. The van der Waals surface area contributed by atoms with Crippen molar-refractivity contribution in [2.75, 3.05) is 18.9 Å². The molecule has 0 radical (unpaired) electrons. The molecule has 1 unspecified atom stereocenters. The first kappa shape index (κ1) is 18.9. The van der Waals surface area contributed by atoms with Crippen LogP contribution in [0.15, 0.2) is 42.5 Å². The largest absolute Gasteiger partial charge is 0.481 e. The average Bonchev–Trinajstić information content (AvgIpc) is 2.98. The molecule has 142 valence electrons. The molecule has 1 aromatic heterocycles. The van der Waals surface area contributed by atoms with Crippen LogP contribution in [-0.4, -0.2) is 46.1 Å². The Morgan fingerprint density at radius 2 is 1.85 bits per heavy atom. The van der Waals surface area contributed by atoms with Crippen LogP contribution in [0, 0.1) is 0 Å². The zero-order valence-electron chi connectivity index (χ0n) is 15.9. The van der Waals surface area contributed by atoms with Crippen molar-refractivity contribution in [1.82, 2.24) is 9.47 Å². The van der Waals surface area contributed by atoms with Gasteiger partial charge in [-0.25, -0.2) is 0 Å². The molecule has 0 aliphatic heterocycles. The molecule has 0 spiro atoms. The maximum atomic E-state index is 12.6. The lowest BCUT2D eigenvalue weighted by molar-refractivity contribution is -0.137. The highest BCUT2D eigenvalue weighted by atomic mass is 16.4. The molecule has 0 bridgehead atoms. The third-order valence-corrected chi connectivity index (χ3v) is 5.08. The fraction of sp³-hybridized carbons (Fsp3) is 0.333. The fourth-order valence-corrected chi connectivity index (χ4v) is 3.38. The smallest absolute Gasteiger partial charge is 0.304 e. The molecule has 6 heteroatoms. The Morgan fingerprint density at radius 3 is 2.56 bits per heavy atom. The number of benzene rings is 2. The number of carbonyl (C=O) groups excluding carboxylic acids is 1. The number of para-hydroxylation sites is 1. The van der Waals surface area contributed by atoms with Crippen LogP contribution < -0.4 is 5.32 Å². The van der Waals surface area contributed by atoms with Crippen molar-refractivity contribution in [1.29, 1.82) is 0 Å². The summed E-state index contributed by atoms with van der Waals surface area (Å²) in [6.07, 6.45) is 0.0105. The third kappa shape index (κ3) is 3.80. The topological polar surface area (TPSA) is 74.6 Å². The lowest BCUT2D eigenvalue weighted by Crippen LogP contribution is -2.40. The predicted molar refractivity (Wildman–Crippen MR) is 108 cm³/mol. The van der Waals surface area contributed by atoms with E-state index in [9.17, 15) is 9.59 Å². The lowest BCUT2D eigenvalue weighted by Gasteiger charge is -2.23. The molecule has 0 saturated carbocycles. The van der Waals surface area contributed by atoms with E-state index in [1.807, 2.05) is 30.3 Å². The lowest BCUT2D eigenvalue weighted by atomic mass is 10.1. The fourth-order valence-electron chi connectivity index (χ4n) is 3.38. The molecule has 0 fully saturated rings. The molecule has 1 heterocycles. The third-order valence-electron chi connectivity index (χ3n) is 5.08. The van der Waals surface area contributed by atoms with Crippen molar-refractivity contribution in [3.05, 3.63) is 42.5 Å². The Kier molecular flexibility index (Phi) is 5.46. The van der Waals surface area contributed by atoms with Crippen molar-refractivity contribution in [2.24, 2.45) is 0 Å². The van der Waals surface area contributed by atoms with E-state index >= 15 is 0 Å². The van der Waals surface area contributed by atoms with Gasteiger partial charge in [0.15, 0.2) is 0 Å². The molecule has 2 aromatic carbocycles. The summed E-state index contributed by atoms with van der Waals surface area (Å²) in [6, 6.07) is 13.8. The quantitative estimate of drug-likeness (QED) is 0.670. The van der Waals surface area contributed by atoms with E-state index in [2.05, 4.69) is 28.9 Å². The number of amides is 1. The second kappa shape index (κ2) is 7.80. The standard InChI is InChI=1S/C21H25N3O3/c1-4-24-18-8-6-5-7-16(18)17-13-15(9-10-19(17)24)22-21(27)14(2)23(3)12-11-20(25)26/h5-10,13-14H,4,11-12H2,1-3H3,(H,22,27)(H,25,26). The average molecular weight is 367 g/mol. The number of rotatable bonds is 7. The highest BCUT2D eigenvalue weighted by Gasteiger charge is 2.19. The van der Waals surface area contributed by atoms with E-state index in [-0.39, 0.29) is 12.3 Å². The van der Waals surface area contributed by atoms with E-state index in [1.165, 1.54) is 5.52 Å². The van der Waals surface area contributed by atoms with Crippen molar-refractivity contribution in [2.45, 2.75) is 32.9 Å². The number of fused-ring (bicyclic) bond motifs is 3. The van der Waals surface area contributed by atoms with Gasteiger partial charge in [0.05, 0.1) is 12.5 Å². The molecular formula is C21H25N3O3. The van der Waals surface area contributed by atoms with Crippen LogP contribution in [0.25, 0.3) is 21.8 Å². The van der Waals surface area contributed by atoms with Crippen molar-refractivity contribution < 1.29 is 14.7 Å². The molecule has 1 atom stereocenters. The van der Waals surface area contributed by atoms with Crippen LogP contribution in [0.5, 0.6) is 0 Å². The summed E-state index contributed by atoms with van der Waals surface area (Å²) < 4.78 is 2.26. The zero-order chi connectivity index (χ0) is 19.6. The maximum Gasteiger partial charge on any atom is 0.304 e. The molecule has 0 saturated heterocycles. The van der Waals surface area contributed by atoms with E-state index in [0.717, 1.165) is 28.5 Å². The van der Waals surface area contributed by atoms with Crippen molar-refractivity contribution in [3.63, 3.8) is 0 Å². The zero-order valence-corrected chi connectivity index (χ0v) is 15.9. The second-order valence-electron chi connectivity index (χ2n) is 6.78. The van der Waals surface area contributed by atoms with Crippen LogP contribution in [0.1, 0.15) is 20.3 Å². The van der Waals surface area contributed by atoms with Crippen LogP contribution >= 0.6 is 0 Å². The van der Waals surface area contributed by atoms with Gasteiger partial charge in [-0.3, -0.25) is 14.5 Å². The normalized spacial score (nSPS) is 12.6. The van der Waals surface area contributed by atoms with Gasteiger partial charge in [-0.15, -0.1) is 0 Å². The molecular weight excluding hydrogens is 342 g/mol. The van der Waals surface area contributed by atoms with Crippen LogP contribution in [0.3, 0.4) is 0 Å². The number of likely N-dealkylation sites (N-methyl/N-ethyl adjacent to an activating group) is 1. The molecule has 3 aromatic rings. The minimum atomic E-state index is -0.868. The number of aromatic nitrogens is 1. The first-order valence-corrected chi connectivity index (χ1v) is 9.16. The van der Waals surface area contributed by atoms with Crippen molar-refractivity contribution in [3.8, 4) is 0 Å². The maximum absolute atomic E-state index is 12.6. The Bertz CT molecular complexity index is 993. The van der Waals surface area contributed by atoms with Gasteiger partial charge in [0.25, 0.3) is 0 Å². The number of hydrogen-bond donors (Lipinski definition) is 2. The monoisotopic (exact) mass is 367 g/mol. The summed E-state index contributed by atoms with van der Waals surface area (Å²) in [4.78, 5) is 25.0. The molecule has 2 N–H and O–H groups in total. The minimum absolute atomic E-state index is 0.0105. The van der Waals surface area contributed by atoms with Gasteiger partial charge in [0.1, 0.15) is 0 Å². The second-order valence-corrected chi connectivity index (χ2v) is 6.78. The van der Waals surface area contributed by atoms with Crippen molar-refractivity contribution >= 4 is 39.4 Å². The summed E-state index contributed by atoms with van der Waals surface area (Å²) in [5.74, 6) is -1.02. The Balaban J connectivity index is 1.84. The number of nitrogens with zero attached hydrogens (tertiary/aromatic N) is 2. The van der Waals surface area contributed by atoms with Gasteiger partial charge in [-0.1, -0.05) is 18.2 Å². The van der Waals surface area contributed by atoms with Gasteiger partial charge in [0.2, 0.25) is 5.91 Å². The minimum Gasteiger partial charge on any atom is -0.481 e. The van der Waals surface area contributed by atoms with Gasteiger partial charge < -0.3 is 15.0 Å². The first-order valence-electron chi connectivity index (χ1n) is 9.16. The molecule has 0 aliphatic carbocycles. The predicted octanol–water partition coefficient (Wildman–Crippen LogP) is 3.55. The first-order chi connectivity index (χ1) is 12.9. The molecule has 1 amide bonds. The summed E-state index contributed by atoms with van der Waals surface area (Å²) in [7, 11) is 1.76. The Hall–Kier alpha value is -2.86. The number of carboxylic acids is 1. The van der Waals surface area contributed by atoms with Crippen LogP contribution in [0.4, 0.5) is 5.69 Å². The number of anilines is 1. The van der Waals surface area contributed by atoms with Gasteiger partial charge >= 0.3 is 5.97 Å². The van der Waals surface area contributed by atoms with Gasteiger partial charge in [-0.05, 0) is 45.2 Å².